The van der Waals surface area contributed by atoms with E-state index in [2.05, 4.69) is 15.1 Å². The molecule has 0 spiro atoms. The molecule has 1 aromatic carbocycles. The summed E-state index contributed by atoms with van der Waals surface area (Å²) in [5, 5.41) is 18.5. The molecule has 124 valence electrons. The number of likely N-dealkylation sites (tertiary alicyclic amines) is 1. The zero-order chi connectivity index (χ0) is 16.4. The monoisotopic (exact) mass is 317 g/mol. The van der Waals surface area contributed by atoms with E-state index in [4.69, 9.17) is 9.15 Å². The number of nitrogens with zero attached hydrogens (tertiary/aromatic N) is 3. The minimum absolute atomic E-state index is 0.124. The molecule has 1 N–H and O–H groups in total. The van der Waals surface area contributed by atoms with Gasteiger partial charge >= 0.3 is 0 Å². The van der Waals surface area contributed by atoms with E-state index in [-0.39, 0.29) is 6.04 Å². The number of rotatable bonds is 5. The second-order valence-electron chi connectivity index (χ2n) is 6.51. The van der Waals surface area contributed by atoms with E-state index in [1.807, 2.05) is 38.1 Å². The predicted molar refractivity (Wildman–Crippen MR) is 86.0 cm³/mol. The van der Waals surface area contributed by atoms with Gasteiger partial charge in [0.15, 0.2) is 0 Å². The Morgan fingerprint density at radius 1 is 1.30 bits per heavy atom. The van der Waals surface area contributed by atoms with Crippen LogP contribution in [0.5, 0.6) is 5.75 Å². The van der Waals surface area contributed by atoms with Gasteiger partial charge in [-0.3, -0.25) is 4.90 Å². The van der Waals surface area contributed by atoms with Crippen LogP contribution in [0.15, 0.2) is 28.7 Å². The molecule has 1 unspecified atom stereocenters. The van der Waals surface area contributed by atoms with Crippen LogP contribution in [0.1, 0.15) is 32.6 Å². The largest absolute Gasteiger partial charge is 0.497 e. The van der Waals surface area contributed by atoms with Gasteiger partial charge in [0.05, 0.1) is 19.3 Å². The highest BCUT2D eigenvalue weighted by atomic mass is 16.5. The maximum absolute atomic E-state index is 10.3. The van der Waals surface area contributed by atoms with Crippen LogP contribution in [0, 0.1) is 0 Å². The summed E-state index contributed by atoms with van der Waals surface area (Å²) in [6, 6.07) is 7.64. The van der Waals surface area contributed by atoms with Gasteiger partial charge in [0.1, 0.15) is 5.75 Å². The summed E-state index contributed by atoms with van der Waals surface area (Å²) in [6.07, 6.45) is 2.07. The fraction of sp³-hybridized carbons (Fsp3) is 0.529. The summed E-state index contributed by atoms with van der Waals surface area (Å²) in [7, 11) is 1.63. The summed E-state index contributed by atoms with van der Waals surface area (Å²) in [4.78, 5) is 2.21. The van der Waals surface area contributed by atoms with Crippen molar-refractivity contribution in [3.63, 3.8) is 0 Å². The quantitative estimate of drug-likeness (QED) is 0.913. The summed E-state index contributed by atoms with van der Waals surface area (Å²) in [5.74, 6) is 1.87. The maximum atomic E-state index is 10.3. The Kier molecular flexibility index (Phi) is 4.37. The zero-order valence-corrected chi connectivity index (χ0v) is 13.8. The highest BCUT2D eigenvalue weighted by Crippen LogP contribution is 2.28. The first kappa shape index (κ1) is 16.0. The van der Waals surface area contributed by atoms with Gasteiger partial charge in [-0.2, -0.15) is 0 Å². The highest BCUT2D eigenvalue weighted by molar-refractivity contribution is 5.53. The number of hydrogen-bond acceptors (Lipinski definition) is 6. The molecule has 0 saturated carbocycles. The van der Waals surface area contributed by atoms with Crippen LogP contribution < -0.4 is 4.74 Å². The lowest BCUT2D eigenvalue weighted by atomic mass is 9.97. The average Bonchev–Trinajstić information content (AvgIpc) is 3.17. The van der Waals surface area contributed by atoms with E-state index in [1.54, 1.807) is 7.11 Å². The van der Waals surface area contributed by atoms with Crippen LogP contribution >= 0.6 is 0 Å². The van der Waals surface area contributed by atoms with Gasteiger partial charge in [-0.05, 0) is 57.5 Å². The molecule has 0 amide bonds. The number of methoxy groups -OCH3 is 1. The number of aliphatic hydroxyl groups is 1. The van der Waals surface area contributed by atoms with Gasteiger partial charge in [0.25, 0.3) is 0 Å². The SMILES string of the molecule is COc1ccc(-c2nnc(CN3CCCC3C(C)(C)O)o2)cc1. The molecular formula is C17H23N3O3. The molecule has 1 aromatic heterocycles. The zero-order valence-electron chi connectivity index (χ0n) is 13.8. The third kappa shape index (κ3) is 3.54. The van der Waals surface area contributed by atoms with Gasteiger partial charge < -0.3 is 14.3 Å². The Morgan fingerprint density at radius 2 is 2.04 bits per heavy atom. The normalized spacial score (nSPS) is 19.2. The van der Waals surface area contributed by atoms with Crippen molar-refractivity contribution in [2.45, 2.75) is 44.9 Å². The van der Waals surface area contributed by atoms with Gasteiger partial charge in [0.2, 0.25) is 11.8 Å². The molecule has 23 heavy (non-hydrogen) atoms. The molecule has 1 fully saturated rings. The smallest absolute Gasteiger partial charge is 0.247 e. The molecule has 2 aromatic rings. The van der Waals surface area contributed by atoms with Gasteiger partial charge in [-0.1, -0.05) is 0 Å². The first-order chi connectivity index (χ1) is 11.0. The lowest BCUT2D eigenvalue weighted by molar-refractivity contribution is -0.00723. The van der Waals surface area contributed by atoms with E-state index in [9.17, 15) is 5.11 Å². The highest BCUT2D eigenvalue weighted by Gasteiger charge is 2.36. The molecule has 6 heteroatoms. The van der Waals surface area contributed by atoms with Crippen molar-refractivity contribution in [2.24, 2.45) is 0 Å². The standard InChI is InChI=1S/C17H23N3O3/c1-17(2,21)14-5-4-10-20(14)11-15-18-19-16(23-15)12-6-8-13(22-3)9-7-12/h6-9,14,21H,4-5,10-11H2,1-3H3. The van der Waals surface area contributed by atoms with Crippen molar-refractivity contribution in [2.75, 3.05) is 13.7 Å². The Bertz CT molecular complexity index is 646. The van der Waals surface area contributed by atoms with Crippen molar-refractivity contribution in [1.29, 1.82) is 0 Å². The second-order valence-corrected chi connectivity index (χ2v) is 6.51. The first-order valence-electron chi connectivity index (χ1n) is 7.90. The van der Waals surface area contributed by atoms with Crippen LogP contribution in [-0.2, 0) is 6.54 Å². The van der Waals surface area contributed by atoms with E-state index in [1.165, 1.54) is 0 Å². The van der Waals surface area contributed by atoms with Crippen molar-refractivity contribution >= 4 is 0 Å². The molecule has 1 aliphatic rings. The molecule has 1 aliphatic heterocycles. The third-order valence-electron chi connectivity index (χ3n) is 4.32. The Labute approximate surface area is 136 Å². The molecule has 0 aliphatic carbocycles. The molecule has 0 bridgehead atoms. The molecular weight excluding hydrogens is 294 g/mol. The molecule has 6 nitrogen and oxygen atoms in total. The maximum Gasteiger partial charge on any atom is 0.247 e. The number of aromatic nitrogens is 2. The first-order valence-corrected chi connectivity index (χ1v) is 7.90. The minimum atomic E-state index is -0.727. The van der Waals surface area contributed by atoms with Crippen LogP contribution in [0.3, 0.4) is 0 Å². The van der Waals surface area contributed by atoms with Crippen LogP contribution in [0.25, 0.3) is 11.5 Å². The van der Waals surface area contributed by atoms with Crippen LogP contribution in [0.2, 0.25) is 0 Å². The summed E-state index contributed by atoms with van der Waals surface area (Å²) in [5.41, 5.74) is 0.139. The second kappa shape index (κ2) is 6.29. The summed E-state index contributed by atoms with van der Waals surface area (Å²) >= 11 is 0. The Hall–Kier alpha value is -1.92. The predicted octanol–water partition coefficient (Wildman–Crippen LogP) is 2.48. The topological polar surface area (TPSA) is 71.6 Å². The molecule has 0 radical (unpaired) electrons. The van der Waals surface area contributed by atoms with Crippen molar-refractivity contribution < 1.29 is 14.3 Å². The number of ether oxygens (including phenoxy) is 1. The van der Waals surface area contributed by atoms with E-state index < -0.39 is 5.60 Å². The lowest BCUT2D eigenvalue weighted by Gasteiger charge is -2.32. The van der Waals surface area contributed by atoms with Crippen molar-refractivity contribution in [3.05, 3.63) is 30.2 Å². The average molecular weight is 317 g/mol. The Balaban J connectivity index is 1.71. The molecule has 1 saturated heterocycles. The van der Waals surface area contributed by atoms with Gasteiger partial charge in [-0.15, -0.1) is 10.2 Å². The number of hydrogen-bond donors (Lipinski definition) is 1. The fourth-order valence-corrected chi connectivity index (χ4v) is 3.16. The summed E-state index contributed by atoms with van der Waals surface area (Å²) < 4.78 is 10.9. The fourth-order valence-electron chi connectivity index (χ4n) is 3.16. The van der Waals surface area contributed by atoms with E-state index in [0.29, 0.717) is 18.3 Å². The van der Waals surface area contributed by atoms with Gasteiger partial charge in [-0.25, -0.2) is 0 Å². The molecule has 1 atom stereocenters. The molecule has 2 heterocycles. The van der Waals surface area contributed by atoms with E-state index in [0.717, 1.165) is 30.7 Å². The summed E-state index contributed by atoms with van der Waals surface area (Å²) in [6.45, 7) is 5.21. The van der Waals surface area contributed by atoms with Gasteiger partial charge in [0, 0.05) is 11.6 Å². The van der Waals surface area contributed by atoms with Crippen molar-refractivity contribution in [1.82, 2.24) is 15.1 Å². The lowest BCUT2D eigenvalue weighted by Crippen LogP contribution is -2.45. The Morgan fingerprint density at radius 3 is 2.70 bits per heavy atom. The van der Waals surface area contributed by atoms with Crippen LogP contribution in [0.4, 0.5) is 0 Å². The third-order valence-corrected chi connectivity index (χ3v) is 4.32. The minimum Gasteiger partial charge on any atom is -0.497 e. The van der Waals surface area contributed by atoms with Crippen molar-refractivity contribution in [3.8, 4) is 17.2 Å². The molecule has 3 rings (SSSR count). The van der Waals surface area contributed by atoms with E-state index >= 15 is 0 Å². The van der Waals surface area contributed by atoms with Crippen LogP contribution in [-0.4, -0.2) is 45.5 Å². The number of benzene rings is 1.